The number of nitrogens with zero attached hydrogens (tertiary/aromatic N) is 1. The van der Waals surface area contributed by atoms with E-state index in [0.717, 1.165) is 0 Å². The summed E-state index contributed by atoms with van der Waals surface area (Å²) >= 11 is 0. The number of hydrogen-bond donors (Lipinski definition) is 0. The average Bonchev–Trinajstić information content (AvgIpc) is 2.00. The smallest absolute Gasteiger partial charge is 0.308 e. The van der Waals surface area contributed by atoms with Gasteiger partial charge in [0.15, 0.2) is 0 Å². The fourth-order valence-electron chi connectivity index (χ4n) is 0.811. The SMILES string of the molecule is COC(=O)[C@@H](C)[C@H](C)C[N+](=O)[O-]. The van der Waals surface area contributed by atoms with E-state index in [-0.39, 0.29) is 12.5 Å². The van der Waals surface area contributed by atoms with Crippen LogP contribution in [0.5, 0.6) is 0 Å². The molecule has 0 N–H and O–H groups in total. The lowest BCUT2D eigenvalue weighted by Gasteiger charge is -2.12. The van der Waals surface area contributed by atoms with Crippen molar-refractivity contribution in [2.24, 2.45) is 11.8 Å². The Bertz CT molecular complexity index is 180. The average molecular weight is 175 g/mol. The molecule has 2 atom stereocenters. The Kier molecular flexibility index (Phi) is 4.25. The fraction of sp³-hybridized carbons (Fsp3) is 0.857. The number of nitro groups is 1. The van der Waals surface area contributed by atoms with Gasteiger partial charge in [-0.2, -0.15) is 0 Å². The van der Waals surface area contributed by atoms with Crippen LogP contribution < -0.4 is 0 Å². The normalized spacial score (nSPS) is 14.9. The predicted octanol–water partition coefficient (Wildman–Crippen LogP) is 0.708. The van der Waals surface area contributed by atoms with E-state index in [1.165, 1.54) is 7.11 Å². The van der Waals surface area contributed by atoms with Gasteiger partial charge in [0.25, 0.3) is 0 Å². The maximum absolute atomic E-state index is 10.9. The molecule has 0 aromatic heterocycles. The highest BCUT2D eigenvalue weighted by Crippen LogP contribution is 2.12. The van der Waals surface area contributed by atoms with Crippen molar-refractivity contribution in [2.45, 2.75) is 13.8 Å². The molecular weight excluding hydrogens is 162 g/mol. The van der Waals surface area contributed by atoms with Gasteiger partial charge in [-0.05, 0) is 0 Å². The van der Waals surface area contributed by atoms with Crippen molar-refractivity contribution in [3.05, 3.63) is 10.1 Å². The van der Waals surface area contributed by atoms with Gasteiger partial charge in [-0.25, -0.2) is 0 Å². The van der Waals surface area contributed by atoms with Crippen LogP contribution in [0.3, 0.4) is 0 Å². The van der Waals surface area contributed by atoms with Gasteiger partial charge in [0.2, 0.25) is 6.54 Å². The lowest BCUT2D eigenvalue weighted by molar-refractivity contribution is -0.488. The second-order valence-corrected chi connectivity index (χ2v) is 2.80. The fourth-order valence-corrected chi connectivity index (χ4v) is 0.811. The second kappa shape index (κ2) is 4.69. The van der Waals surface area contributed by atoms with Crippen LogP contribution in [0.15, 0.2) is 0 Å². The number of carbonyl (C=O) groups excluding carboxylic acids is 1. The monoisotopic (exact) mass is 175 g/mol. The van der Waals surface area contributed by atoms with E-state index in [0.29, 0.717) is 0 Å². The van der Waals surface area contributed by atoms with Gasteiger partial charge in [0.05, 0.1) is 13.0 Å². The summed E-state index contributed by atoms with van der Waals surface area (Å²) in [5, 5.41) is 10.1. The molecule has 0 amide bonds. The van der Waals surface area contributed by atoms with Crippen LogP contribution in [0.2, 0.25) is 0 Å². The van der Waals surface area contributed by atoms with Gasteiger partial charge >= 0.3 is 5.97 Å². The number of carbonyl (C=O) groups is 1. The zero-order valence-electron chi connectivity index (χ0n) is 7.44. The van der Waals surface area contributed by atoms with E-state index in [1.54, 1.807) is 13.8 Å². The minimum atomic E-state index is -0.426. The molecule has 0 unspecified atom stereocenters. The minimum Gasteiger partial charge on any atom is -0.469 e. The summed E-state index contributed by atoms with van der Waals surface area (Å²) in [6.07, 6.45) is 0. The van der Waals surface area contributed by atoms with E-state index in [9.17, 15) is 14.9 Å². The summed E-state index contributed by atoms with van der Waals surface area (Å²) in [5.41, 5.74) is 0. The first-order chi connectivity index (χ1) is 5.49. The molecule has 0 aromatic carbocycles. The van der Waals surface area contributed by atoms with Gasteiger partial charge < -0.3 is 4.74 Å². The molecule has 12 heavy (non-hydrogen) atoms. The van der Waals surface area contributed by atoms with Gasteiger partial charge in [0.1, 0.15) is 0 Å². The van der Waals surface area contributed by atoms with Crippen LogP contribution >= 0.6 is 0 Å². The molecule has 5 nitrogen and oxygen atoms in total. The van der Waals surface area contributed by atoms with Crippen molar-refractivity contribution < 1.29 is 14.5 Å². The Morgan fingerprint density at radius 2 is 2.08 bits per heavy atom. The number of ether oxygens (including phenoxy) is 1. The third kappa shape index (κ3) is 3.32. The minimum absolute atomic E-state index is 0.198. The molecule has 0 aliphatic carbocycles. The standard InChI is InChI=1S/C7H13NO4/c1-5(4-8(10)11)6(2)7(9)12-3/h5-6H,4H2,1-3H3/t5-,6+/m1/s1. The Hall–Kier alpha value is -1.13. The molecular formula is C7H13NO4. The van der Waals surface area contributed by atoms with Crippen molar-refractivity contribution >= 4 is 5.97 Å². The second-order valence-electron chi connectivity index (χ2n) is 2.80. The summed E-state index contributed by atoms with van der Waals surface area (Å²) in [6.45, 7) is 3.08. The zero-order chi connectivity index (χ0) is 9.72. The number of methoxy groups -OCH3 is 1. The molecule has 0 saturated carbocycles. The van der Waals surface area contributed by atoms with Crippen molar-refractivity contribution in [2.75, 3.05) is 13.7 Å². The van der Waals surface area contributed by atoms with Gasteiger partial charge in [-0.15, -0.1) is 0 Å². The molecule has 0 radical (unpaired) electrons. The van der Waals surface area contributed by atoms with Crippen molar-refractivity contribution in [3.63, 3.8) is 0 Å². The molecule has 0 aliphatic rings. The maximum Gasteiger partial charge on any atom is 0.308 e. The molecule has 70 valence electrons. The first-order valence-corrected chi connectivity index (χ1v) is 3.68. The number of rotatable bonds is 4. The topological polar surface area (TPSA) is 69.4 Å². The Morgan fingerprint density at radius 1 is 1.58 bits per heavy atom. The van der Waals surface area contributed by atoms with E-state index in [4.69, 9.17) is 0 Å². The first-order valence-electron chi connectivity index (χ1n) is 3.68. The van der Waals surface area contributed by atoms with E-state index in [1.807, 2.05) is 0 Å². The lowest BCUT2D eigenvalue weighted by atomic mass is 9.96. The molecule has 0 bridgehead atoms. The molecule has 0 aromatic rings. The summed E-state index contributed by atoms with van der Waals surface area (Å²) in [4.78, 5) is 20.5. The van der Waals surface area contributed by atoms with E-state index < -0.39 is 16.8 Å². The van der Waals surface area contributed by atoms with E-state index >= 15 is 0 Å². The number of hydrogen-bond acceptors (Lipinski definition) is 4. The molecule has 0 rings (SSSR count). The Balaban J connectivity index is 4.00. The summed E-state index contributed by atoms with van der Waals surface area (Å²) < 4.78 is 4.45. The van der Waals surface area contributed by atoms with Gasteiger partial charge in [-0.1, -0.05) is 13.8 Å². The van der Waals surface area contributed by atoms with Crippen LogP contribution in [0.1, 0.15) is 13.8 Å². The van der Waals surface area contributed by atoms with Gasteiger partial charge in [-0.3, -0.25) is 14.9 Å². The Labute approximate surface area is 70.9 Å². The highest BCUT2D eigenvalue weighted by molar-refractivity contribution is 5.72. The van der Waals surface area contributed by atoms with Crippen LogP contribution in [-0.4, -0.2) is 24.5 Å². The van der Waals surface area contributed by atoms with E-state index in [2.05, 4.69) is 4.74 Å². The van der Waals surface area contributed by atoms with Crippen LogP contribution in [0.25, 0.3) is 0 Å². The molecule has 5 heteroatoms. The van der Waals surface area contributed by atoms with Gasteiger partial charge in [0, 0.05) is 10.8 Å². The van der Waals surface area contributed by atoms with Crippen molar-refractivity contribution in [1.29, 1.82) is 0 Å². The van der Waals surface area contributed by atoms with Crippen molar-refractivity contribution in [1.82, 2.24) is 0 Å². The third-order valence-corrected chi connectivity index (χ3v) is 1.86. The van der Waals surface area contributed by atoms with Crippen LogP contribution in [-0.2, 0) is 9.53 Å². The summed E-state index contributed by atoms with van der Waals surface area (Å²) in [5.74, 6) is -1.10. The van der Waals surface area contributed by atoms with Crippen LogP contribution in [0.4, 0.5) is 0 Å². The molecule has 0 saturated heterocycles. The quantitative estimate of drug-likeness (QED) is 0.358. The lowest BCUT2D eigenvalue weighted by Crippen LogP contribution is -2.25. The maximum atomic E-state index is 10.9. The Morgan fingerprint density at radius 3 is 2.42 bits per heavy atom. The third-order valence-electron chi connectivity index (χ3n) is 1.86. The number of esters is 1. The summed E-state index contributed by atoms with van der Waals surface area (Å²) in [6, 6.07) is 0. The predicted molar refractivity (Wildman–Crippen MR) is 42.2 cm³/mol. The van der Waals surface area contributed by atoms with Crippen LogP contribution in [0, 0.1) is 22.0 Å². The molecule has 0 heterocycles. The molecule has 0 spiro atoms. The summed E-state index contributed by atoms with van der Waals surface area (Å²) in [7, 11) is 1.28. The molecule has 0 aliphatic heterocycles. The highest BCUT2D eigenvalue weighted by Gasteiger charge is 2.24. The zero-order valence-corrected chi connectivity index (χ0v) is 7.44. The largest absolute Gasteiger partial charge is 0.469 e. The van der Waals surface area contributed by atoms with Crippen molar-refractivity contribution in [3.8, 4) is 0 Å². The highest BCUT2D eigenvalue weighted by atomic mass is 16.6. The first kappa shape index (κ1) is 10.9. The molecule has 0 fully saturated rings.